The van der Waals surface area contributed by atoms with Crippen LogP contribution in [0.1, 0.15) is 57.1 Å². The highest BCUT2D eigenvalue weighted by Gasteiger charge is 2.24. The van der Waals surface area contributed by atoms with Crippen molar-refractivity contribution in [1.82, 2.24) is 9.88 Å². The van der Waals surface area contributed by atoms with E-state index in [4.69, 9.17) is 10.7 Å². The molecule has 1 unspecified atom stereocenters. The van der Waals surface area contributed by atoms with Crippen molar-refractivity contribution in [3.05, 3.63) is 30.0 Å². The maximum atomic E-state index is 12.5. The zero-order valence-electron chi connectivity index (χ0n) is 18.5. The summed E-state index contributed by atoms with van der Waals surface area (Å²) in [5.41, 5.74) is 9.39. The van der Waals surface area contributed by atoms with E-state index in [1.54, 1.807) is 11.8 Å². The highest BCUT2D eigenvalue weighted by molar-refractivity contribution is 8.14. The number of aliphatic imine (C=N–C) groups is 2. The van der Waals surface area contributed by atoms with Crippen LogP contribution in [-0.2, 0) is 4.79 Å². The Labute approximate surface area is 193 Å². The summed E-state index contributed by atoms with van der Waals surface area (Å²) in [7, 11) is 0. The number of likely N-dealkylation sites (tertiary alicyclic amines) is 1. The SMILES string of the molecule is NC(=NC(=O)CC1CSC(c2cc3cccc(NC4CCCC4)c3[nH]2)=N1)N1CCCCC1. The van der Waals surface area contributed by atoms with Crippen LogP contribution in [0.4, 0.5) is 5.69 Å². The fraction of sp³-hybridized carbons (Fsp3) is 0.542. The molecule has 5 rings (SSSR count). The lowest BCUT2D eigenvalue weighted by atomic mass is 10.1. The number of nitrogens with one attached hydrogen (secondary N) is 2. The summed E-state index contributed by atoms with van der Waals surface area (Å²) < 4.78 is 0. The molecule has 7 nitrogen and oxygen atoms in total. The summed E-state index contributed by atoms with van der Waals surface area (Å²) in [5.74, 6) is 0.980. The van der Waals surface area contributed by atoms with Crippen LogP contribution in [0.2, 0.25) is 0 Å². The average molecular weight is 453 g/mol. The van der Waals surface area contributed by atoms with Gasteiger partial charge in [-0.2, -0.15) is 4.99 Å². The summed E-state index contributed by atoms with van der Waals surface area (Å²) >= 11 is 1.70. The number of guanidine groups is 1. The van der Waals surface area contributed by atoms with Gasteiger partial charge in [0.15, 0.2) is 5.96 Å². The van der Waals surface area contributed by atoms with E-state index < -0.39 is 0 Å². The molecule has 0 spiro atoms. The molecule has 1 atom stereocenters. The van der Waals surface area contributed by atoms with Gasteiger partial charge in [0.25, 0.3) is 5.91 Å². The number of amides is 1. The molecule has 170 valence electrons. The molecule has 1 aromatic carbocycles. The van der Waals surface area contributed by atoms with Gasteiger partial charge in [-0.05, 0) is 44.2 Å². The number of hydrogen-bond donors (Lipinski definition) is 3. The highest BCUT2D eigenvalue weighted by Crippen LogP contribution is 2.31. The van der Waals surface area contributed by atoms with E-state index in [1.807, 2.05) is 4.90 Å². The number of nitrogens with zero attached hydrogens (tertiary/aromatic N) is 3. The van der Waals surface area contributed by atoms with Crippen LogP contribution in [-0.4, -0.2) is 57.7 Å². The van der Waals surface area contributed by atoms with E-state index in [-0.39, 0.29) is 11.9 Å². The molecular weight excluding hydrogens is 420 g/mol. The predicted octanol–water partition coefficient (Wildman–Crippen LogP) is 4.10. The Morgan fingerprint density at radius 2 is 2.03 bits per heavy atom. The fourth-order valence-corrected chi connectivity index (χ4v) is 5.95. The molecule has 2 aromatic rings. The molecule has 1 aliphatic carbocycles. The summed E-state index contributed by atoms with van der Waals surface area (Å²) in [5, 5.41) is 5.87. The van der Waals surface area contributed by atoms with Crippen molar-refractivity contribution in [1.29, 1.82) is 0 Å². The monoisotopic (exact) mass is 452 g/mol. The number of aromatic nitrogens is 1. The molecule has 3 aliphatic rings. The third kappa shape index (κ3) is 4.80. The average Bonchev–Trinajstić information content (AvgIpc) is 3.55. The predicted molar refractivity (Wildman–Crippen MR) is 134 cm³/mol. The molecule has 32 heavy (non-hydrogen) atoms. The first-order chi connectivity index (χ1) is 15.7. The number of thioether (sulfide) groups is 1. The van der Waals surface area contributed by atoms with Crippen molar-refractivity contribution in [2.24, 2.45) is 15.7 Å². The first-order valence-corrected chi connectivity index (χ1v) is 12.9. The van der Waals surface area contributed by atoms with Gasteiger partial charge in [0.05, 0.1) is 29.4 Å². The molecular formula is C24H32N6OS. The lowest BCUT2D eigenvalue weighted by Crippen LogP contribution is -2.41. The number of fused-ring (bicyclic) bond motifs is 1. The van der Waals surface area contributed by atoms with Gasteiger partial charge in [0, 0.05) is 30.3 Å². The van der Waals surface area contributed by atoms with Gasteiger partial charge in [0.2, 0.25) is 0 Å². The number of benzene rings is 1. The van der Waals surface area contributed by atoms with Gasteiger partial charge < -0.3 is 20.9 Å². The Balaban J connectivity index is 1.26. The quantitative estimate of drug-likeness (QED) is 0.469. The van der Waals surface area contributed by atoms with Crippen LogP contribution in [0.15, 0.2) is 34.3 Å². The Morgan fingerprint density at radius 3 is 2.84 bits per heavy atom. The maximum absolute atomic E-state index is 12.5. The van der Waals surface area contributed by atoms with Crippen molar-refractivity contribution in [3.63, 3.8) is 0 Å². The van der Waals surface area contributed by atoms with Gasteiger partial charge in [-0.15, -0.1) is 11.8 Å². The number of carbonyl (C=O) groups excluding carboxylic acids is 1. The topological polar surface area (TPSA) is 98.9 Å². The molecule has 4 N–H and O–H groups in total. The normalized spacial score (nSPS) is 22.5. The zero-order chi connectivity index (χ0) is 21.9. The van der Waals surface area contributed by atoms with Crippen LogP contribution in [0, 0.1) is 0 Å². The third-order valence-corrected chi connectivity index (χ3v) is 7.79. The summed E-state index contributed by atoms with van der Waals surface area (Å²) in [4.78, 5) is 27.0. The van der Waals surface area contributed by atoms with E-state index >= 15 is 0 Å². The highest BCUT2D eigenvalue weighted by atomic mass is 32.2. The van der Waals surface area contributed by atoms with Crippen molar-refractivity contribution >= 4 is 45.3 Å². The molecule has 2 aliphatic heterocycles. The van der Waals surface area contributed by atoms with Gasteiger partial charge in [0.1, 0.15) is 5.04 Å². The van der Waals surface area contributed by atoms with E-state index in [0.29, 0.717) is 18.4 Å². The second-order valence-corrected chi connectivity index (χ2v) is 10.1. The minimum Gasteiger partial charge on any atom is -0.381 e. The lowest BCUT2D eigenvalue weighted by molar-refractivity contribution is -0.118. The molecule has 0 bridgehead atoms. The summed E-state index contributed by atoms with van der Waals surface area (Å²) in [6.45, 7) is 1.78. The van der Waals surface area contributed by atoms with E-state index in [2.05, 4.69) is 39.6 Å². The second kappa shape index (κ2) is 9.57. The van der Waals surface area contributed by atoms with Crippen LogP contribution in [0.3, 0.4) is 0 Å². The van der Waals surface area contributed by atoms with E-state index in [0.717, 1.165) is 47.9 Å². The van der Waals surface area contributed by atoms with Crippen LogP contribution in [0.25, 0.3) is 10.9 Å². The first kappa shape index (κ1) is 21.4. The summed E-state index contributed by atoms with van der Waals surface area (Å²) in [6.07, 6.45) is 8.86. The Morgan fingerprint density at radius 1 is 1.22 bits per heavy atom. The van der Waals surface area contributed by atoms with Crippen molar-refractivity contribution in [2.45, 2.75) is 63.5 Å². The van der Waals surface area contributed by atoms with Crippen molar-refractivity contribution < 1.29 is 4.79 Å². The number of para-hydroxylation sites is 1. The number of piperidine rings is 1. The third-order valence-electron chi connectivity index (χ3n) is 6.64. The molecule has 1 saturated carbocycles. The van der Waals surface area contributed by atoms with Gasteiger partial charge in [-0.25, -0.2) is 0 Å². The molecule has 1 amide bonds. The van der Waals surface area contributed by atoms with E-state index in [1.165, 1.54) is 43.2 Å². The van der Waals surface area contributed by atoms with Gasteiger partial charge in [-0.1, -0.05) is 25.0 Å². The fourth-order valence-electron chi connectivity index (χ4n) is 4.92. The maximum Gasteiger partial charge on any atom is 0.251 e. The number of H-pyrrole nitrogens is 1. The smallest absolute Gasteiger partial charge is 0.251 e. The van der Waals surface area contributed by atoms with Crippen LogP contribution >= 0.6 is 11.8 Å². The van der Waals surface area contributed by atoms with E-state index in [9.17, 15) is 4.79 Å². The number of aromatic amines is 1. The standard InChI is InChI=1S/C24H32N6OS/c25-24(30-11-4-1-5-12-30)29-21(31)14-18-15-32-23(27-18)20-13-16-7-6-10-19(22(16)28-20)26-17-8-2-3-9-17/h6-7,10,13,17-18,26,28H,1-5,8-9,11-12,14-15H2,(H2,25,29,31). The molecule has 2 fully saturated rings. The summed E-state index contributed by atoms with van der Waals surface area (Å²) in [6, 6.07) is 9.07. The number of carbonyl (C=O) groups is 1. The zero-order valence-corrected chi connectivity index (χ0v) is 19.3. The molecule has 0 radical (unpaired) electrons. The van der Waals surface area contributed by atoms with Crippen molar-refractivity contribution in [2.75, 3.05) is 24.2 Å². The molecule has 1 aromatic heterocycles. The first-order valence-electron chi connectivity index (χ1n) is 11.9. The molecule has 3 heterocycles. The second-order valence-electron chi connectivity index (χ2n) is 9.09. The molecule has 8 heteroatoms. The number of hydrogen-bond acceptors (Lipinski definition) is 4. The van der Waals surface area contributed by atoms with Crippen molar-refractivity contribution in [3.8, 4) is 0 Å². The largest absolute Gasteiger partial charge is 0.381 e. The molecule has 1 saturated heterocycles. The minimum atomic E-state index is -0.177. The Hall–Kier alpha value is -2.48. The van der Waals surface area contributed by atoms with Crippen LogP contribution in [0.5, 0.6) is 0 Å². The van der Waals surface area contributed by atoms with Gasteiger partial charge in [-0.3, -0.25) is 9.79 Å². The Kier molecular flexibility index (Phi) is 6.39. The lowest BCUT2D eigenvalue weighted by Gasteiger charge is -2.27. The number of nitrogens with two attached hydrogens (primary N) is 1. The minimum absolute atomic E-state index is 0.0529. The number of rotatable bonds is 5. The van der Waals surface area contributed by atoms with Crippen LogP contribution < -0.4 is 11.1 Å². The Bertz CT molecular complexity index is 1030. The van der Waals surface area contributed by atoms with Gasteiger partial charge >= 0.3 is 0 Å². The number of anilines is 1.